The van der Waals surface area contributed by atoms with Gasteiger partial charge in [-0.15, -0.1) is 0 Å². The Labute approximate surface area is 92.3 Å². The van der Waals surface area contributed by atoms with E-state index in [1.165, 1.54) is 6.33 Å². The van der Waals surface area contributed by atoms with E-state index in [0.29, 0.717) is 5.95 Å². The minimum absolute atomic E-state index is 0.541. The number of aliphatic hydroxyl groups is 1. The van der Waals surface area contributed by atoms with Crippen molar-refractivity contribution in [3.8, 4) is 0 Å². The van der Waals surface area contributed by atoms with Gasteiger partial charge in [0.25, 0.3) is 0 Å². The lowest BCUT2D eigenvalue weighted by Crippen LogP contribution is -2.35. The topological polar surface area (TPSA) is 75.3 Å². The zero-order chi connectivity index (χ0) is 11.0. The highest BCUT2D eigenvalue weighted by atomic mass is 16.3. The van der Waals surface area contributed by atoms with E-state index in [0.717, 1.165) is 31.3 Å². The third-order valence-electron chi connectivity index (χ3n) is 2.97. The summed E-state index contributed by atoms with van der Waals surface area (Å²) in [4.78, 5) is 8.17. The van der Waals surface area contributed by atoms with E-state index in [-0.39, 0.29) is 0 Å². The monoisotopic (exact) mass is 219 g/mol. The van der Waals surface area contributed by atoms with Gasteiger partial charge in [-0.1, -0.05) is 0 Å². The lowest BCUT2D eigenvalue weighted by molar-refractivity contribution is 0.0767. The van der Waals surface area contributed by atoms with Crippen LogP contribution in [0.4, 0.5) is 5.95 Å². The van der Waals surface area contributed by atoms with Crippen LogP contribution in [0.1, 0.15) is 25.7 Å². The van der Waals surface area contributed by atoms with E-state index >= 15 is 0 Å². The molecular formula is C10H13N5O. The predicted octanol–water partition coefficient (Wildman–Crippen LogP) is 0.799. The molecule has 2 heterocycles. The van der Waals surface area contributed by atoms with Crippen LogP contribution >= 0.6 is 0 Å². The molecule has 0 unspecified atom stereocenters. The van der Waals surface area contributed by atoms with Gasteiger partial charge in [0, 0.05) is 6.07 Å². The van der Waals surface area contributed by atoms with E-state index in [2.05, 4.69) is 20.4 Å². The maximum absolute atomic E-state index is 10.2. The molecule has 2 N–H and O–H groups in total. The molecule has 2 aromatic heterocycles. The SMILES string of the molecule is OC1(Nc2ncnc3ccnn23)CCCC1. The summed E-state index contributed by atoms with van der Waals surface area (Å²) >= 11 is 0. The van der Waals surface area contributed by atoms with Crippen LogP contribution in [0.3, 0.4) is 0 Å². The summed E-state index contributed by atoms with van der Waals surface area (Å²) in [6.45, 7) is 0. The molecule has 1 aliphatic carbocycles. The molecule has 0 radical (unpaired) electrons. The lowest BCUT2D eigenvalue weighted by Gasteiger charge is -2.24. The smallest absolute Gasteiger partial charge is 0.229 e. The quantitative estimate of drug-likeness (QED) is 0.731. The van der Waals surface area contributed by atoms with Crippen LogP contribution in [0, 0.1) is 0 Å². The van der Waals surface area contributed by atoms with Crippen LogP contribution < -0.4 is 5.32 Å². The third kappa shape index (κ3) is 1.51. The predicted molar refractivity (Wildman–Crippen MR) is 57.8 cm³/mol. The van der Waals surface area contributed by atoms with Crippen molar-refractivity contribution in [3.63, 3.8) is 0 Å². The number of hydrogen-bond donors (Lipinski definition) is 2. The molecule has 1 aliphatic rings. The number of nitrogens with zero attached hydrogens (tertiary/aromatic N) is 4. The maximum Gasteiger partial charge on any atom is 0.229 e. The van der Waals surface area contributed by atoms with Gasteiger partial charge in [0.2, 0.25) is 5.95 Å². The van der Waals surface area contributed by atoms with Crippen molar-refractivity contribution < 1.29 is 5.11 Å². The minimum atomic E-state index is -0.840. The van der Waals surface area contributed by atoms with E-state index in [4.69, 9.17) is 0 Å². The van der Waals surface area contributed by atoms with Crippen LogP contribution in [0.5, 0.6) is 0 Å². The summed E-state index contributed by atoms with van der Waals surface area (Å²) in [5.74, 6) is 0.541. The largest absolute Gasteiger partial charge is 0.371 e. The fourth-order valence-corrected chi connectivity index (χ4v) is 2.13. The van der Waals surface area contributed by atoms with Crippen molar-refractivity contribution in [2.24, 2.45) is 0 Å². The van der Waals surface area contributed by atoms with Gasteiger partial charge in [0.1, 0.15) is 12.1 Å². The lowest BCUT2D eigenvalue weighted by atomic mass is 10.2. The second-order valence-corrected chi connectivity index (χ2v) is 4.16. The molecule has 0 bridgehead atoms. The molecule has 3 rings (SSSR count). The van der Waals surface area contributed by atoms with Gasteiger partial charge in [0.15, 0.2) is 5.65 Å². The molecule has 0 aliphatic heterocycles. The van der Waals surface area contributed by atoms with E-state index in [9.17, 15) is 5.11 Å². The molecular weight excluding hydrogens is 206 g/mol. The molecule has 1 fully saturated rings. The molecule has 0 saturated heterocycles. The third-order valence-corrected chi connectivity index (χ3v) is 2.97. The van der Waals surface area contributed by atoms with Crippen molar-refractivity contribution in [2.75, 3.05) is 5.32 Å². The fourth-order valence-electron chi connectivity index (χ4n) is 2.13. The van der Waals surface area contributed by atoms with Gasteiger partial charge in [-0.25, -0.2) is 9.97 Å². The summed E-state index contributed by atoms with van der Waals surface area (Å²) in [7, 11) is 0. The van der Waals surface area contributed by atoms with E-state index < -0.39 is 5.72 Å². The Morgan fingerprint density at radius 2 is 2.12 bits per heavy atom. The molecule has 0 aromatic carbocycles. The molecule has 6 heteroatoms. The average molecular weight is 219 g/mol. The fraction of sp³-hybridized carbons (Fsp3) is 0.500. The van der Waals surface area contributed by atoms with Crippen molar-refractivity contribution in [1.82, 2.24) is 19.6 Å². The van der Waals surface area contributed by atoms with Gasteiger partial charge in [-0.05, 0) is 25.7 Å². The molecule has 84 valence electrons. The molecule has 0 amide bonds. The normalized spacial score (nSPS) is 19.1. The molecule has 6 nitrogen and oxygen atoms in total. The standard InChI is InChI=1S/C10H13N5O/c16-10(4-1-2-5-10)14-9-12-7-11-8-3-6-13-15(8)9/h3,6-7,16H,1-2,4-5H2,(H,11,12,14). The average Bonchev–Trinajstić information content (AvgIpc) is 2.87. The Kier molecular flexibility index (Phi) is 2.03. The van der Waals surface area contributed by atoms with Gasteiger partial charge in [0.05, 0.1) is 6.20 Å². The Bertz CT molecular complexity index is 503. The molecule has 0 spiro atoms. The first-order chi connectivity index (χ1) is 7.77. The zero-order valence-electron chi connectivity index (χ0n) is 8.80. The molecule has 0 atom stereocenters. The second kappa shape index (κ2) is 3.41. The number of hydrogen-bond acceptors (Lipinski definition) is 5. The summed E-state index contributed by atoms with van der Waals surface area (Å²) in [5, 5.41) is 17.4. The number of nitrogens with one attached hydrogen (secondary N) is 1. The molecule has 2 aromatic rings. The van der Waals surface area contributed by atoms with Crippen molar-refractivity contribution in [3.05, 3.63) is 18.6 Å². The van der Waals surface area contributed by atoms with Crippen LogP contribution in [0.15, 0.2) is 18.6 Å². The Balaban J connectivity index is 1.96. The first-order valence-corrected chi connectivity index (χ1v) is 5.42. The van der Waals surface area contributed by atoms with E-state index in [1.807, 2.05) is 0 Å². The maximum atomic E-state index is 10.2. The van der Waals surface area contributed by atoms with Crippen LogP contribution in [0.25, 0.3) is 5.65 Å². The first-order valence-electron chi connectivity index (χ1n) is 5.42. The Hall–Kier alpha value is -1.69. The second-order valence-electron chi connectivity index (χ2n) is 4.16. The minimum Gasteiger partial charge on any atom is -0.371 e. The highest BCUT2D eigenvalue weighted by molar-refractivity contribution is 5.42. The summed E-state index contributed by atoms with van der Waals surface area (Å²) in [6.07, 6.45) is 6.71. The first kappa shape index (κ1) is 9.53. The highest BCUT2D eigenvalue weighted by Crippen LogP contribution is 2.29. The van der Waals surface area contributed by atoms with Crippen molar-refractivity contribution in [2.45, 2.75) is 31.4 Å². The summed E-state index contributed by atoms with van der Waals surface area (Å²) in [6, 6.07) is 1.80. The van der Waals surface area contributed by atoms with Crippen molar-refractivity contribution in [1.29, 1.82) is 0 Å². The number of fused-ring (bicyclic) bond motifs is 1. The van der Waals surface area contributed by atoms with Gasteiger partial charge in [-0.2, -0.15) is 9.61 Å². The zero-order valence-corrected chi connectivity index (χ0v) is 8.80. The van der Waals surface area contributed by atoms with Gasteiger partial charge >= 0.3 is 0 Å². The Morgan fingerprint density at radius 1 is 1.31 bits per heavy atom. The molecule has 1 saturated carbocycles. The number of rotatable bonds is 2. The summed E-state index contributed by atoms with van der Waals surface area (Å²) in [5.41, 5.74) is -0.119. The Morgan fingerprint density at radius 3 is 2.94 bits per heavy atom. The number of anilines is 1. The number of aromatic nitrogens is 4. The van der Waals surface area contributed by atoms with Crippen molar-refractivity contribution >= 4 is 11.6 Å². The van der Waals surface area contributed by atoms with Gasteiger partial charge in [-0.3, -0.25) is 0 Å². The molecule has 16 heavy (non-hydrogen) atoms. The van der Waals surface area contributed by atoms with Crippen LogP contribution in [0.2, 0.25) is 0 Å². The summed E-state index contributed by atoms with van der Waals surface area (Å²) < 4.78 is 1.59. The van der Waals surface area contributed by atoms with Gasteiger partial charge < -0.3 is 10.4 Å². The van der Waals surface area contributed by atoms with Crippen LogP contribution in [-0.2, 0) is 0 Å². The van der Waals surface area contributed by atoms with E-state index in [1.54, 1.807) is 16.8 Å². The highest BCUT2D eigenvalue weighted by Gasteiger charge is 2.31. The van der Waals surface area contributed by atoms with Crippen LogP contribution in [-0.4, -0.2) is 30.4 Å².